The van der Waals surface area contributed by atoms with Gasteiger partial charge in [0.05, 0.1) is 6.10 Å². The van der Waals surface area contributed by atoms with Gasteiger partial charge in [0.25, 0.3) is 0 Å². The first-order chi connectivity index (χ1) is 8.72. The highest BCUT2D eigenvalue weighted by Crippen LogP contribution is 2.32. The molecule has 1 N–H and O–H groups in total. The highest BCUT2D eigenvalue weighted by Gasteiger charge is 2.31. The van der Waals surface area contributed by atoms with Crippen molar-refractivity contribution in [2.45, 2.75) is 89.3 Å². The Labute approximate surface area is 113 Å². The molecule has 2 heteroatoms. The second kappa shape index (κ2) is 6.91. The highest BCUT2D eigenvalue weighted by molar-refractivity contribution is 4.86. The molecule has 2 aliphatic carbocycles. The molecule has 106 valence electrons. The molecule has 18 heavy (non-hydrogen) atoms. The van der Waals surface area contributed by atoms with Crippen LogP contribution in [0.3, 0.4) is 0 Å². The van der Waals surface area contributed by atoms with Crippen molar-refractivity contribution in [3.05, 3.63) is 0 Å². The molecule has 0 aliphatic heterocycles. The topological polar surface area (TPSA) is 23.5 Å². The fourth-order valence-electron chi connectivity index (χ4n) is 3.97. The van der Waals surface area contributed by atoms with Gasteiger partial charge in [-0.05, 0) is 51.5 Å². The van der Waals surface area contributed by atoms with E-state index in [2.05, 4.69) is 18.9 Å². The average molecular weight is 253 g/mol. The van der Waals surface area contributed by atoms with E-state index in [1.807, 2.05) is 0 Å². The molecule has 2 nitrogen and oxygen atoms in total. The van der Waals surface area contributed by atoms with Crippen LogP contribution in [-0.4, -0.2) is 35.2 Å². The minimum atomic E-state index is -0.0820. The molecule has 2 atom stereocenters. The van der Waals surface area contributed by atoms with Crippen LogP contribution in [0.25, 0.3) is 0 Å². The zero-order valence-corrected chi connectivity index (χ0v) is 12.3. The maximum atomic E-state index is 10.3. The monoisotopic (exact) mass is 253 g/mol. The second-order valence-corrected chi connectivity index (χ2v) is 6.52. The molecule has 2 aliphatic rings. The summed E-state index contributed by atoms with van der Waals surface area (Å²) in [6.07, 6.45) is 12.8. The maximum Gasteiger partial charge on any atom is 0.0695 e. The van der Waals surface area contributed by atoms with E-state index < -0.39 is 0 Å². The number of rotatable bonds is 3. The van der Waals surface area contributed by atoms with Crippen LogP contribution in [0.1, 0.15) is 71.1 Å². The van der Waals surface area contributed by atoms with Crippen LogP contribution in [0.15, 0.2) is 0 Å². The number of aliphatic hydroxyl groups excluding tert-OH is 1. The molecule has 2 unspecified atom stereocenters. The minimum absolute atomic E-state index is 0.0820. The molecule has 0 heterocycles. The molecule has 0 aromatic rings. The summed E-state index contributed by atoms with van der Waals surface area (Å²) in [5, 5.41) is 10.3. The molecule has 0 bridgehead atoms. The number of likely N-dealkylation sites (N-methyl/N-ethyl adjacent to an activating group) is 1. The van der Waals surface area contributed by atoms with Crippen LogP contribution in [0.4, 0.5) is 0 Å². The van der Waals surface area contributed by atoms with E-state index in [-0.39, 0.29) is 6.10 Å². The number of nitrogens with zero attached hydrogens (tertiary/aromatic N) is 1. The fraction of sp³-hybridized carbons (Fsp3) is 1.00. The third kappa shape index (κ3) is 3.48. The van der Waals surface area contributed by atoms with Crippen molar-refractivity contribution in [2.75, 3.05) is 7.05 Å². The van der Waals surface area contributed by atoms with Crippen LogP contribution in [0, 0.1) is 5.92 Å². The van der Waals surface area contributed by atoms with Gasteiger partial charge in [-0.3, -0.25) is 4.90 Å². The lowest BCUT2D eigenvalue weighted by Gasteiger charge is -2.40. The number of hydrogen-bond donors (Lipinski definition) is 1. The first-order valence-corrected chi connectivity index (χ1v) is 8.12. The van der Waals surface area contributed by atoms with Gasteiger partial charge < -0.3 is 5.11 Å². The van der Waals surface area contributed by atoms with E-state index >= 15 is 0 Å². The van der Waals surface area contributed by atoms with Crippen molar-refractivity contribution in [3.63, 3.8) is 0 Å². The summed E-state index contributed by atoms with van der Waals surface area (Å²) in [6.45, 7) is 2.32. The van der Waals surface area contributed by atoms with Crippen LogP contribution in [0.5, 0.6) is 0 Å². The fourth-order valence-corrected chi connectivity index (χ4v) is 3.97. The summed E-state index contributed by atoms with van der Waals surface area (Å²) in [5.74, 6) is 0.966. The van der Waals surface area contributed by atoms with Gasteiger partial charge in [0.15, 0.2) is 0 Å². The zero-order chi connectivity index (χ0) is 13.0. The summed E-state index contributed by atoms with van der Waals surface area (Å²) in [5.41, 5.74) is 0. The van der Waals surface area contributed by atoms with E-state index in [4.69, 9.17) is 0 Å². The minimum Gasteiger partial charge on any atom is -0.391 e. The average Bonchev–Trinajstić information content (AvgIpc) is 2.63. The van der Waals surface area contributed by atoms with E-state index in [1.54, 1.807) is 0 Å². The first kappa shape index (κ1) is 14.3. The molecule has 0 amide bonds. The Morgan fingerprint density at radius 2 is 1.61 bits per heavy atom. The lowest BCUT2D eigenvalue weighted by molar-refractivity contribution is 0.0220. The summed E-state index contributed by atoms with van der Waals surface area (Å²) in [6, 6.07) is 1.15. The molecule has 2 rings (SSSR count). The molecule has 0 aromatic carbocycles. The van der Waals surface area contributed by atoms with Gasteiger partial charge >= 0.3 is 0 Å². The normalized spacial score (nSPS) is 38.7. The van der Waals surface area contributed by atoms with E-state index in [0.717, 1.165) is 18.4 Å². The standard InChI is InChI=1S/C16H31NO/c1-3-13-9-11-14(12-10-13)17(2)15-7-5-4-6-8-16(15)18/h13-16,18H,3-12H2,1-2H3. The predicted molar refractivity (Wildman–Crippen MR) is 76.7 cm³/mol. The van der Waals surface area contributed by atoms with Crippen molar-refractivity contribution >= 4 is 0 Å². The van der Waals surface area contributed by atoms with Gasteiger partial charge in [-0.15, -0.1) is 0 Å². The molecule has 0 spiro atoms. The molecule has 0 saturated heterocycles. The predicted octanol–water partition coefficient (Wildman–Crippen LogP) is 3.58. The zero-order valence-electron chi connectivity index (χ0n) is 12.3. The summed E-state index contributed by atoms with van der Waals surface area (Å²) >= 11 is 0. The summed E-state index contributed by atoms with van der Waals surface area (Å²) < 4.78 is 0. The van der Waals surface area contributed by atoms with E-state index in [1.165, 1.54) is 57.8 Å². The van der Waals surface area contributed by atoms with Crippen molar-refractivity contribution in [3.8, 4) is 0 Å². The van der Waals surface area contributed by atoms with Crippen LogP contribution < -0.4 is 0 Å². The van der Waals surface area contributed by atoms with Gasteiger partial charge in [0.2, 0.25) is 0 Å². The van der Waals surface area contributed by atoms with Gasteiger partial charge in [-0.25, -0.2) is 0 Å². The first-order valence-electron chi connectivity index (χ1n) is 8.12. The van der Waals surface area contributed by atoms with Crippen molar-refractivity contribution < 1.29 is 5.11 Å². The molecule has 0 radical (unpaired) electrons. The second-order valence-electron chi connectivity index (χ2n) is 6.52. The molecular formula is C16H31NO. The Kier molecular flexibility index (Phi) is 5.50. The Hall–Kier alpha value is -0.0800. The molecule has 2 fully saturated rings. The van der Waals surface area contributed by atoms with Crippen molar-refractivity contribution in [1.29, 1.82) is 0 Å². The third-order valence-electron chi connectivity index (χ3n) is 5.44. The summed E-state index contributed by atoms with van der Waals surface area (Å²) in [4.78, 5) is 2.53. The number of aliphatic hydroxyl groups is 1. The van der Waals surface area contributed by atoms with Crippen molar-refractivity contribution in [1.82, 2.24) is 4.90 Å². The third-order valence-corrected chi connectivity index (χ3v) is 5.44. The van der Waals surface area contributed by atoms with Crippen LogP contribution >= 0.6 is 0 Å². The quantitative estimate of drug-likeness (QED) is 0.777. The maximum absolute atomic E-state index is 10.3. The smallest absolute Gasteiger partial charge is 0.0695 e. The van der Waals surface area contributed by atoms with Gasteiger partial charge in [0.1, 0.15) is 0 Å². The van der Waals surface area contributed by atoms with Gasteiger partial charge in [-0.2, -0.15) is 0 Å². The lowest BCUT2D eigenvalue weighted by Crippen LogP contribution is -2.47. The Bertz CT molecular complexity index is 235. The largest absolute Gasteiger partial charge is 0.391 e. The van der Waals surface area contributed by atoms with Gasteiger partial charge in [-0.1, -0.05) is 32.6 Å². The number of hydrogen-bond acceptors (Lipinski definition) is 2. The highest BCUT2D eigenvalue weighted by atomic mass is 16.3. The van der Waals surface area contributed by atoms with E-state index in [0.29, 0.717) is 6.04 Å². The molecule has 2 saturated carbocycles. The molecule has 0 aromatic heterocycles. The van der Waals surface area contributed by atoms with E-state index in [9.17, 15) is 5.11 Å². The lowest BCUT2D eigenvalue weighted by atomic mass is 9.83. The Balaban J connectivity index is 1.87. The Morgan fingerprint density at radius 1 is 0.944 bits per heavy atom. The van der Waals surface area contributed by atoms with Crippen molar-refractivity contribution in [2.24, 2.45) is 5.92 Å². The van der Waals surface area contributed by atoms with Gasteiger partial charge in [0, 0.05) is 12.1 Å². The summed E-state index contributed by atoms with van der Waals surface area (Å²) in [7, 11) is 2.26. The Morgan fingerprint density at radius 3 is 2.28 bits per heavy atom. The van der Waals surface area contributed by atoms with Crippen LogP contribution in [-0.2, 0) is 0 Å². The molecular weight excluding hydrogens is 222 g/mol. The SMILES string of the molecule is CCC1CCC(N(C)C2CCCCCC2O)CC1. The van der Waals surface area contributed by atoms with Crippen LogP contribution in [0.2, 0.25) is 0 Å².